The maximum absolute atomic E-state index is 12.7. The van der Waals surface area contributed by atoms with Gasteiger partial charge in [0.15, 0.2) is 0 Å². The second kappa shape index (κ2) is 5.66. The summed E-state index contributed by atoms with van der Waals surface area (Å²) in [4.78, 5) is 15.6. The number of anilines is 2. The average molecular weight is 389 g/mol. The van der Waals surface area contributed by atoms with Crippen LogP contribution in [0.2, 0.25) is 0 Å². The molecule has 0 spiro atoms. The summed E-state index contributed by atoms with van der Waals surface area (Å²) in [6, 6.07) is 5.89. The summed E-state index contributed by atoms with van der Waals surface area (Å²) >= 11 is 6.59. The molecular weight excluding hydrogens is 381 g/mol. The molecule has 0 aliphatic rings. The number of nitrogens with two attached hydrogens (primary N) is 1. The van der Waals surface area contributed by atoms with E-state index in [1.54, 1.807) is 12.1 Å². The van der Waals surface area contributed by atoms with Crippen molar-refractivity contribution in [2.24, 2.45) is 0 Å². The van der Waals surface area contributed by atoms with E-state index in [2.05, 4.69) is 42.2 Å². The number of benzene rings is 1. The Hall–Kier alpha value is -1.47. The number of carbonyl (C=O) groups is 1. The average Bonchev–Trinajstić information content (AvgIpc) is 2.34. The molecule has 7 heteroatoms. The predicted molar refractivity (Wildman–Crippen MR) is 78.4 cm³/mol. The highest BCUT2D eigenvalue weighted by atomic mass is 79.9. The highest BCUT2D eigenvalue weighted by molar-refractivity contribution is 9.11. The molecule has 0 atom stereocenters. The van der Waals surface area contributed by atoms with E-state index in [1.165, 1.54) is 12.1 Å². The third kappa shape index (κ3) is 3.30. The number of halogens is 3. The van der Waals surface area contributed by atoms with Crippen LogP contribution in [0, 0.1) is 5.82 Å². The Bertz CT molecular complexity index is 608. The van der Waals surface area contributed by atoms with E-state index in [4.69, 9.17) is 5.73 Å². The van der Waals surface area contributed by atoms with Crippen LogP contribution in [0.15, 0.2) is 39.4 Å². The van der Waals surface area contributed by atoms with Gasteiger partial charge in [0, 0.05) is 8.95 Å². The topological polar surface area (TPSA) is 68.0 Å². The van der Waals surface area contributed by atoms with Gasteiger partial charge in [-0.3, -0.25) is 4.79 Å². The lowest BCUT2D eigenvalue weighted by atomic mass is 10.2. The minimum atomic E-state index is -0.499. The molecule has 0 saturated heterocycles. The normalized spacial score (nSPS) is 10.3. The van der Waals surface area contributed by atoms with E-state index < -0.39 is 11.7 Å². The van der Waals surface area contributed by atoms with Crippen LogP contribution in [-0.4, -0.2) is 10.9 Å². The number of amides is 1. The number of rotatable bonds is 2. The fourth-order valence-electron chi connectivity index (χ4n) is 1.41. The molecule has 19 heavy (non-hydrogen) atoms. The van der Waals surface area contributed by atoms with Crippen molar-refractivity contribution in [1.82, 2.24) is 4.98 Å². The maximum Gasteiger partial charge on any atom is 0.274 e. The molecule has 4 nitrogen and oxygen atoms in total. The van der Waals surface area contributed by atoms with E-state index in [1.807, 2.05) is 0 Å². The highest BCUT2D eigenvalue weighted by Crippen LogP contribution is 2.32. The Morgan fingerprint density at radius 2 is 2.05 bits per heavy atom. The molecule has 0 aliphatic heterocycles. The summed E-state index contributed by atoms with van der Waals surface area (Å²) in [7, 11) is 0. The summed E-state index contributed by atoms with van der Waals surface area (Å²) in [5.41, 5.74) is 6.77. The molecule has 1 aromatic heterocycles. The number of aromatic nitrogens is 1. The molecular formula is C12H8Br2FN3O. The lowest BCUT2D eigenvalue weighted by Crippen LogP contribution is -2.15. The predicted octanol–water partition coefficient (Wildman–Crippen LogP) is 3.58. The lowest BCUT2D eigenvalue weighted by Gasteiger charge is -2.10. The van der Waals surface area contributed by atoms with Gasteiger partial charge in [-0.15, -0.1) is 0 Å². The Balaban J connectivity index is 2.26. The second-order valence-electron chi connectivity index (χ2n) is 3.67. The van der Waals surface area contributed by atoms with Gasteiger partial charge in [0.25, 0.3) is 5.91 Å². The third-order valence-electron chi connectivity index (χ3n) is 2.28. The Labute approximate surface area is 125 Å². The monoisotopic (exact) mass is 387 g/mol. The van der Waals surface area contributed by atoms with E-state index >= 15 is 0 Å². The van der Waals surface area contributed by atoms with Crippen LogP contribution >= 0.6 is 31.9 Å². The first kappa shape index (κ1) is 14.0. The van der Waals surface area contributed by atoms with Crippen LogP contribution < -0.4 is 11.1 Å². The van der Waals surface area contributed by atoms with E-state index in [9.17, 15) is 9.18 Å². The molecule has 0 saturated carbocycles. The molecule has 2 rings (SSSR count). The maximum atomic E-state index is 12.7. The van der Waals surface area contributed by atoms with Crippen molar-refractivity contribution in [3.05, 3.63) is 50.9 Å². The van der Waals surface area contributed by atoms with Gasteiger partial charge in [0.1, 0.15) is 11.5 Å². The van der Waals surface area contributed by atoms with Gasteiger partial charge in [0.05, 0.1) is 17.6 Å². The fraction of sp³-hybridized carbons (Fsp3) is 0. The largest absolute Gasteiger partial charge is 0.397 e. The van der Waals surface area contributed by atoms with Crippen molar-refractivity contribution in [3.8, 4) is 0 Å². The van der Waals surface area contributed by atoms with Gasteiger partial charge in [-0.25, -0.2) is 9.37 Å². The lowest BCUT2D eigenvalue weighted by molar-refractivity contribution is 0.102. The Kier molecular flexibility index (Phi) is 4.16. The van der Waals surface area contributed by atoms with Crippen LogP contribution in [0.1, 0.15) is 10.5 Å². The van der Waals surface area contributed by atoms with Crippen molar-refractivity contribution in [1.29, 1.82) is 0 Å². The van der Waals surface area contributed by atoms with Gasteiger partial charge < -0.3 is 11.1 Å². The van der Waals surface area contributed by atoms with Gasteiger partial charge in [0.2, 0.25) is 0 Å². The zero-order valence-electron chi connectivity index (χ0n) is 9.45. The molecule has 3 N–H and O–H groups in total. The van der Waals surface area contributed by atoms with E-state index in [0.717, 1.165) is 10.7 Å². The number of nitrogens with zero attached hydrogens (tertiary/aromatic N) is 1. The zero-order valence-corrected chi connectivity index (χ0v) is 12.6. The zero-order chi connectivity index (χ0) is 14.0. The smallest absolute Gasteiger partial charge is 0.274 e. The molecule has 0 fully saturated rings. The quantitative estimate of drug-likeness (QED) is 0.772. The number of hydrogen-bond acceptors (Lipinski definition) is 3. The van der Waals surface area contributed by atoms with Crippen LogP contribution in [-0.2, 0) is 0 Å². The van der Waals surface area contributed by atoms with Crippen LogP contribution in [0.3, 0.4) is 0 Å². The van der Waals surface area contributed by atoms with Crippen molar-refractivity contribution in [2.75, 3.05) is 11.1 Å². The standard InChI is InChI=1S/C12H8Br2FN3O/c13-6-3-8(14)11(9(16)4-6)18-12(19)10-2-1-7(15)5-17-10/h1-5H,16H2,(H,18,19). The molecule has 2 aromatic rings. The number of carbonyl (C=O) groups excluding carboxylic acids is 1. The number of nitrogens with one attached hydrogen (secondary N) is 1. The summed E-state index contributed by atoms with van der Waals surface area (Å²) in [6.45, 7) is 0. The second-order valence-corrected chi connectivity index (χ2v) is 5.44. The van der Waals surface area contributed by atoms with Gasteiger partial charge in [-0.1, -0.05) is 15.9 Å². The Morgan fingerprint density at radius 3 is 2.63 bits per heavy atom. The highest BCUT2D eigenvalue weighted by Gasteiger charge is 2.12. The minimum Gasteiger partial charge on any atom is -0.397 e. The molecule has 0 aliphatic carbocycles. The molecule has 0 radical (unpaired) electrons. The number of hydrogen-bond donors (Lipinski definition) is 2. The first-order valence-electron chi connectivity index (χ1n) is 5.15. The van der Waals surface area contributed by atoms with Gasteiger partial charge in [-0.05, 0) is 40.2 Å². The molecule has 0 unspecified atom stereocenters. The summed E-state index contributed by atoms with van der Waals surface area (Å²) in [6.07, 6.45) is 0.981. The minimum absolute atomic E-state index is 0.107. The van der Waals surface area contributed by atoms with Crippen molar-refractivity contribution in [2.45, 2.75) is 0 Å². The first-order chi connectivity index (χ1) is 8.97. The third-order valence-corrected chi connectivity index (χ3v) is 3.37. The van der Waals surface area contributed by atoms with Crippen LogP contribution in [0.25, 0.3) is 0 Å². The van der Waals surface area contributed by atoms with E-state index in [-0.39, 0.29) is 5.69 Å². The van der Waals surface area contributed by atoms with Crippen molar-refractivity contribution < 1.29 is 9.18 Å². The molecule has 0 bridgehead atoms. The number of pyridine rings is 1. The Morgan fingerprint density at radius 1 is 1.32 bits per heavy atom. The van der Waals surface area contributed by atoms with Crippen molar-refractivity contribution in [3.63, 3.8) is 0 Å². The van der Waals surface area contributed by atoms with Crippen LogP contribution in [0.4, 0.5) is 15.8 Å². The van der Waals surface area contributed by atoms with Gasteiger partial charge in [-0.2, -0.15) is 0 Å². The first-order valence-corrected chi connectivity index (χ1v) is 6.73. The number of nitrogen functional groups attached to an aromatic ring is 1. The fourth-order valence-corrected chi connectivity index (χ4v) is 2.77. The van der Waals surface area contributed by atoms with Gasteiger partial charge >= 0.3 is 0 Å². The summed E-state index contributed by atoms with van der Waals surface area (Å²) in [5, 5.41) is 2.62. The molecule has 1 amide bonds. The van der Waals surface area contributed by atoms with Crippen molar-refractivity contribution >= 4 is 49.1 Å². The van der Waals surface area contributed by atoms with Crippen LogP contribution in [0.5, 0.6) is 0 Å². The molecule has 1 aromatic carbocycles. The van der Waals surface area contributed by atoms with E-state index in [0.29, 0.717) is 15.8 Å². The molecule has 1 heterocycles. The SMILES string of the molecule is Nc1cc(Br)cc(Br)c1NC(=O)c1ccc(F)cn1. The summed E-state index contributed by atoms with van der Waals surface area (Å²) in [5.74, 6) is -0.962. The summed E-state index contributed by atoms with van der Waals surface area (Å²) < 4.78 is 14.1. The molecule has 98 valence electrons.